The third-order valence-corrected chi connectivity index (χ3v) is 4.26. The molecule has 0 saturated carbocycles. The number of methoxy groups -OCH3 is 1. The second-order valence-corrected chi connectivity index (χ2v) is 5.51. The van der Waals surface area contributed by atoms with Crippen LogP contribution in [0, 0.1) is 5.41 Å². The van der Waals surface area contributed by atoms with Crippen LogP contribution >= 0.6 is 0 Å². The number of rotatable bonds is 3. The lowest BCUT2D eigenvalue weighted by Gasteiger charge is -2.42. The van der Waals surface area contributed by atoms with E-state index in [0.717, 1.165) is 25.9 Å². The molecule has 0 bridgehead atoms. The number of carbonyl (C=O) groups is 1. The van der Waals surface area contributed by atoms with Gasteiger partial charge < -0.3 is 25.0 Å². The number of hydrogen-bond acceptors (Lipinski definition) is 4. The molecule has 2 fully saturated rings. The standard InChI is InChI=1S/C13H25N3O3/c1-18-11-13(10-14)2-4-15(5-3-13)12(17)16-6-8-19-9-7-16/h2-11,14H2,1H3. The summed E-state index contributed by atoms with van der Waals surface area (Å²) in [6.07, 6.45) is 1.85. The Morgan fingerprint density at radius 2 is 1.79 bits per heavy atom. The van der Waals surface area contributed by atoms with E-state index in [0.29, 0.717) is 39.5 Å². The fourth-order valence-corrected chi connectivity index (χ4v) is 2.84. The number of amides is 2. The third-order valence-electron chi connectivity index (χ3n) is 4.26. The van der Waals surface area contributed by atoms with E-state index in [1.165, 1.54) is 0 Å². The second kappa shape index (κ2) is 6.54. The van der Waals surface area contributed by atoms with Gasteiger partial charge in [0, 0.05) is 45.2 Å². The number of nitrogens with two attached hydrogens (primary N) is 1. The Morgan fingerprint density at radius 3 is 2.32 bits per heavy atom. The molecule has 0 spiro atoms. The van der Waals surface area contributed by atoms with E-state index in [9.17, 15) is 4.79 Å². The summed E-state index contributed by atoms with van der Waals surface area (Å²) in [4.78, 5) is 16.2. The van der Waals surface area contributed by atoms with Crippen LogP contribution in [-0.2, 0) is 9.47 Å². The van der Waals surface area contributed by atoms with Gasteiger partial charge in [-0.15, -0.1) is 0 Å². The lowest BCUT2D eigenvalue weighted by Crippen LogP contribution is -2.53. The van der Waals surface area contributed by atoms with Crippen molar-refractivity contribution in [2.75, 3.05) is 59.7 Å². The van der Waals surface area contributed by atoms with Crippen molar-refractivity contribution in [1.29, 1.82) is 0 Å². The minimum absolute atomic E-state index is 0.0521. The zero-order valence-electron chi connectivity index (χ0n) is 11.8. The topological polar surface area (TPSA) is 68.0 Å². The van der Waals surface area contributed by atoms with Crippen LogP contribution in [0.25, 0.3) is 0 Å². The van der Waals surface area contributed by atoms with Crippen molar-refractivity contribution < 1.29 is 14.3 Å². The van der Waals surface area contributed by atoms with E-state index < -0.39 is 0 Å². The molecule has 6 heteroatoms. The molecule has 110 valence electrons. The zero-order valence-corrected chi connectivity index (χ0v) is 11.8. The molecule has 0 aliphatic carbocycles. The molecule has 19 heavy (non-hydrogen) atoms. The van der Waals surface area contributed by atoms with Gasteiger partial charge in [0.2, 0.25) is 0 Å². The van der Waals surface area contributed by atoms with Gasteiger partial charge in [0.15, 0.2) is 0 Å². The third kappa shape index (κ3) is 3.38. The molecule has 2 saturated heterocycles. The number of carbonyl (C=O) groups excluding carboxylic acids is 1. The predicted molar refractivity (Wildman–Crippen MR) is 72.0 cm³/mol. The Balaban J connectivity index is 1.86. The van der Waals surface area contributed by atoms with E-state index in [1.54, 1.807) is 7.11 Å². The minimum atomic E-state index is 0.0521. The van der Waals surface area contributed by atoms with Crippen LogP contribution in [0.4, 0.5) is 4.79 Å². The summed E-state index contributed by atoms with van der Waals surface area (Å²) in [6.45, 7) is 5.56. The molecule has 2 heterocycles. The monoisotopic (exact) mass is 271 g/mol. The van der Waals surface area contributed by atoms with E-state index in [1.807, 2.05) is 9.80 Å². The van der Waals surface area contributed by atoms with E-state index in [4.69, 9.17) is 15.2 Å². The Morgan fingerprint density at radius 1 is 1.21 bits per heavy atom. The molecule has 0 aromatic rings. The summed E-state index contributed by atoms with van der Waals surface area (Å²) < 4.78 is 10.6. The van der Waals surface area contributed by atoms with Gasteiger partial charge in [0.05, 0.1) is 19.8 Å². The SMILES string of the molecule is COCC1(CN)CCN(C(=O)N2CCOCC2)CC1. The molecule has 0 aromatic carbocycles. The number of morpholine rings is 1. The van der Waals surface area contributed by atoms with Crippen LogP contribution in [0.5, 0.6) is 0 Å². The molecule has 0 atom stereocenters. The first-order valence-electron chi connectivity index (χ1n) is 7.01. The molecule has 2 aliphatic rings. The van der Waals surface area contributed by atoms with Gasteiger partial charge in [0.25, 0.3) is 0 Å². The largest absolute Gasteiger partial charge is 0.384 e. The maximum Gasteiger partial charge on any atom is 0.320 e. The summed E-state index contributed by atoms with van der Waals surface area (Å²) in [7, 11) is 1.71. The van der Waals surface area contributed by atoms with Crippen LogP contribution in [0.15, 0.2) is 0 Å². The number of ether oxygens (including phenoxy) is 2. The number of urea groups is 1. The molecular formula is C13H25N3O3. The lowest BCUT2D eigenvalue weighted by atomic mass is 9.79. The highest BCUT2D eigenvalue weighted by molar-refractivity contribution is 5.74. The molecule has 6 nitrogen and oxygen atoms in total. The Hall–Kier alpha value is -0.850. The van der Waals surface area contributed by atoms with Crippen LogP contribution in [0.3, 0.4) is 0 Å². The van der Waals surface area contributed by atoms with Crippen LogP contribution in [0.2, 0.25) is 0 Å². The van der Waals surface area contributed by atoms with Crippen LogP contribution in [-0.4, -0.2) is 75.5 Å². The lowest BCUT2D eigenvalue weighted by molar-refractivity contribution is 0.0172. The van der Waals surface area contributed by atoms with Crippen molar-refractivity contribution in [3.8, 4) is 0 Å². The van der Waals surface area contributed by atoms with Crippen molar-refractivity contribution in [2.45, 2.75) is 12.8 Å². The molecule has 2 amide bonds. The number of likely N-dealkylation sites (tertiary alicyclic amines) is 1. The van der Waals surface area contributed by atoms with E-state index in [2.05, 4.69) is 0 Å². The summed E-state index contributed by atoms with van der Waals surface area (Å²) in [5.41, 5.74) is 5.93. The Labute approximate surface area is 114 Å². The average Bonchev–Trinajstić information content (AvgIpc) is 2.48. The fourth-order valence-electron chi connectivity index (χ4n) is 2.84. The predicted octanol–water partition coefficient (Wildman–Crippen LogP) is 0.126. The maximum atomic E-state index is 12.3. The number of nitrogens with zero attached hydrogens (tertiary/aromatic N) is 2. The Kier molecular flexibility index (Phi) is 5.01. The molecule has 0 unspecified atom stereocenters. The quantitative estimate of drug-likeness (QED) is 0.792. The molecule has 0 radical (unpaired) electrons. The molecular weight excluding hydrogens is 246 g/mol. The second-order valence-electron chi connectivity index (χ2n) is 5.51. The fraction of sp³-hybridized carbons (Fsp3) is 0.923. The summed E-state index contributed by atoms with van der Waals surface area (Å²) in [6, 6.07) is 0.145. The Bertz CT molecular complexity index is 298. The first-order chi connectivity index (χ1) is 9.21. The smallest absolute Gasteiger partial charge is 0.320 e. The highest BCUT2D eigenvalue weighted by Gasteiger charge is 2.36. The first kappa shape index (κ1) is 14.6. The zero-order chi connectivity index (χ0) is 13.7. The number of hydrogen-bond donors (Lipinski definition) is 1. The van der Waals surface area contributed by atoms with Crippen molar-refractivity contribution >= 4 is 6.03 Å². The summed E-state index contributed by atoms with van der Waals surface area (Å²) >= 11 is 0. The molecule has 2 rings (SSSR count). The molecule has 2 N–H and O–H groups in total. The highest BCUT2D eigenvalue weighted by Crippen LogP contribution is 2.31. The van der Waals surface area contributed by atoms with Gasteiger partial charge in [-0.2, -0.15) is 0 Å². The normalized spacial score (nSPS) is 23.5. The van der Waals surface area contributed by atoms with Gasteiger partial charge in [-0.05, 0) is 12.8 Å². The van der Waals surface area contributed by atoms with Gasteiger partial charge in [0.1, 0.15) is 0 Å². The van der Waals surface area contributed by atoms with Crippen LogP contribution in [0.1, 0.15) is 12.8 Å². The van der Waals surface area contributed by atoms with Gasteiger partial charge in [-0.25, -0.2) is 4.79 Å². The van der Waals surface area contributed by atoms with E-state index >= 15 is 0 Å². The summed E-state index contributed by atoms with van der Waals surface area (Å²) in [5.74, 6) is 0. The van der Waals surface area contributed by atoms with Crippen molar-refractivity contribution in [1.82, 2.24) is 9.80 Å². The van der Waals surface area contributed by atoms with Crippen molar-refractivity contribution in [3.63, 3.8) is 0 Å². The molecule has 0 aromatic heterocycles. The number of piperidine rings is 1. The first-order valence-corrected chi connectivity index (χ1v) is 7.01. The minimum Gasteiger partial charge on any atom is -0.384 e. The van der Waals surface area contributed by atoms with Crippen molar-refractivity contribution in [2.24, 2.45) is 11.1 Å². The van der Waals surface area contributed by atoms with E-state index in [-0.39, 0.29) is 11.4 Å². The summed E-state index contributed by atoms with van der Waals surface area (Å²) in [5, 5.41) is 0. The van der Waals surface area contributed by atoms with Crippen molar-refractivity contribution in [3.05, 3.63) is 0 Å². The van der Waals surface area contributed by atoms with Gasteiger partial charge in [-0.3, -0.25) is 0 Å². The van der Waals surface area contributed by atoms with Gasteiger partial charge >= 0.3 is 6.03 Å². The van der Waals surface area contributed by atoms with Gasteiger partial charge in [-0.1, -0.05) is 0 Å². The molecule has 2 aliphatic heterocycles. The maximum absolute atomic E-state index is 12.3. The van der Waals surface area contributed by atoms with Crippen LogP contribution < -0.4 is 5.73 Å². The average molecular weight is 271 g/mol. The highest BCUT2D eigenvalue weighted by atomic mass is 16.5.